The van der Waals surface area contributed by atoms with Crippen LogP contribution in [0, 0.1) is 0 Å². The standard InChI is InChI=1S/C20H25NO4/c1-5-14(2)18-8-6-7-9-19(18)25-13-20(22)21-15-10-16(23-3)12-17(11-15)24-4/h6-12,14H,5,13H2,1-4H3,(H,21,22). The van der Waals surface area contributed by atoms with Crippen LogP contribution in [0.5, 0.6) is 17.2 Å². The molecule has 0 radical (unpaired) electrons. The van der Waals surface area contributed by atoms with Gasteiger partial charge < -0.3 is 19.5 Å². The molecule has 2 aromatic rings. The Labute approximate surface area is 148 Å². The van der Waals surface area contributed by atoms with E-state index >= 15 is 0 Å². The molecule has 5 heteroatoms. The summed E-state index contributed by atoms with van der Waals surface area (Å²) in [5.41, 5.74) is 1.71. The van der Waals surface area contributed by atoms with Crippen molar-refractivity contribution in [2.24, 2.45) is 0 Å². The van der Waals surface area contributed by atoms with Gasteiger partial charge in [0.15, 0.2) is 6.61 Å². The molecule has 0 heterocycles. The Balaban J connectivity index is 2.02. The number of rotatable bonds is 8. The van der Waals surface area contributed by atoms with Crippen molar-refractivity contribution >= 4 is 11.6 Å². The first-order valence-corrected chi connectivity index (χ1v) is 8.32. The number of ether oxygens (including phenoxy) is 3. The van der Waals surface area contributed by atoms with Gasteiger partial charge in [-0.25, -0.2) is 0 Å². The van der Waals surface area contributed by atoms with Crippen LogP contribution >= 0.6 is 0 Å². The van der Waals surface area contributed by atoms with Gasteiger partial charge in [0.1, 0.15) is 17.2 Å². The van der Waals surface area contributed by atoms with Gasteiger partial charge in [-0.1, -0.05) is 32.0 Å². The molecule has 1 unspecified atom stereocenters. The summed E-state index contributed by atoms with van der Waals surface area (Å²) in [6.45, 7) is 4.21. The Hall–Kier alpha value is -2.69. The number of methoxy groups -OCH3 is 2. The lowest BCUT2D eigenvalue weighted by atomic mass is 9.98. The molecule has 1 amide bonds. The Morgan fingerprint density at radius 3 is 2.32 bits per heavy atom. The molecular weight excluding hydrogens is 318 g/mol. The Bertz CT molecular complexity index is 692. The third-order valence-corrected chi connectivity index (χ3v) is 4.06. The van der Waals surface area contributed by atoms with E-state index in [1.54, 1.807) is 32.4 Å². The highest BCUT2D eigenvalue weighted by atomic mass is 16.5. The molecular formula is C20H25NO4. The molecule has 0 aliphatic heterocycles. The van der Waals surface area contributed by atoms with Crippen molar-refractivity contribution in [1.82, 2.24) is 0 Å². The highest BCUT2D eigenvalue weighted by Crippen LogP contribution is 2.29. The normalized spacial score (nSPS) is 11.5. The summed E-state index contributed by atoms with van der Waals surface area (Å²) >= 11 is 0. The lowest BCUT2D eigenvalue weighted by Gasteiger charge is -2.15. The van der Waals surface area contributed by atoms with Crippen molar-refractivity contribution in [3.8, 4) is 17.2 Å². The molecule has 0 aliphatic carbocycles. The molecule has 1 N–H and O–H groups in total. The summed E-state index contributed by atoms with van der Waals surface area (Å²) in [5, 5.41) is 2.80. The average molecular weight is 343 g/mol. The van der Waals surface area contributed by atoms with E-state index in [9.17, 15) is 4.79 Å². The van der Waals surface area contributed by atoms with Gasteiger partial charge in [0, 0.05) is 23.9 Å². The van der Waals surface area contributed by atoms with E-state index in [2.05, 4.69) is 19.2 Å². The van der Waals surface area contributed by atoms with Crippen LogP contribution < -0.4 is 19.5 Å². The largest absolute Gasteiger partial charge is 0.497 e. The number of carbonyl (C=O) groups excluding carboxylic acids is 1. The zero-order valence-electron chi connectivity index (χ0n) is 15.2. The number of carbonyl (C=O) groups is 1. The first-order chi connectivity index (χ1) is 12.1. The van der Waals surface area contributed by atoms with Gasteiger partial charge in [-0.2, -0.15) is 0 Å². The fourth-order valence-corrected chi connectivity index (χ4v) is 2.46. The molecule has 0 spiro atoms. The summed E-state index contributed by atoms with van der Waals surface area (Å²) < 4.78 is 16.1. The fourth-order valence-electron chi connectivity index (χ4n) is 2.46. The topological polar surface area (TPSA) is 56.8 Å². The van der Waals surface area contributed by atoms with Crippen molar-refractivity contribution in [3.05, 3.63) is 48.0 Å². The lowest BCUT2D eigenvalue weighted by molar-refractivity contribution is -0.118. The van der Waals surface area contributed by atoms with E-state index in [0.29, 0.717) is 23.1 Å². The van der Waals surface area contributed by atoms with Gasteiger partial charge >= 0.3 is 0 Å². The minimum Gasteiger partial charge on any atom is -0.497 e. The van der Waals surface area contributed by atoms with Gasteiger partial charge in [0.2, 0.25) is 0 Å². The van der Waals surface area contributed by atoms with Crippen LogP contribution in [-0.4, -0.2) is 26.7 Å². The fraction of sp³-hybridized carbons (Fsp3) is 0.350. The molecule has 0 saturated heterocycles. The van der Waals surface area contributed by atoms with Crippen molar-refractivity contribution in [3.63, 3.8) is 0 Å². The van der Waals surface area contributed by atoms with Crippen molar-refractivity contribution in [2.75, 3.05) is 26.1 Å². The van der Waals surface area contributed by atoms with Crippen LogP contribution in [0.3, 0.4) is 0 Å². The SMILES string of the molecule is CCC(C)c1ccccc1OCC(=O)Nc1cc(OC)cc(OC)c1. The second-order valence-electron chi connectivity index (χ2n) is 5.79. The summed E-state index contributed by atoms with van der Waals surface area (Å²) in [6.07, 6.45) is 1.01. The first kappa shape index (κ1) is 18.6. The smallest absolute Gasteiger partial charge is 0.262 e. The average Bonchev–Trinajstić information content (AvgIpc) is 2.65. The molecule has 1 atom stereocenters. The third kappa shape index (κ3) is 5.14. The van der Waals surface area contributed by atoms with E-state index in [4.69, 9.17) is 14.2 Å². The van der Waals surface area contributed by atoms with E-state index in [0.717, 1.165) is 17.7 Å². The number of hydrogen-bond donors (Lipinski definition) is 1. The van der Waals surface area contributed by atoms with Crippen LogP contribution in [-0.2, 0) is 4.79 Å². The second-order valence-corrected chi connectivity index (χ2v) is 5.79. The van der Waals surface area contributed by atoms with E-state index < -0.39 is 0 Å². The molecule has 2 rings (SSSR count). The minimum atomic E-state index is -0.241. The van der Waals surface area contributed by atoms with Gasteiger partial charge in [0.05, 0.1) is 14.2 Å². The zero-order chi connectivity index (χ0) is 18.2. The molecule has 0 bridgehead atoms. The molecule has 0 aliphatic rings. The van der Waals surface area contributed by atoms with Crippen LogP contribution in [0.25, 0.3) is 0 Å². The van der Waals surface area contributed by atoms with Gasteiger partial charge in [0.25, 0.3) is 5.91 Å². The van der Waals surface area contributed by atoms with Gasteiger partial charge in [-0.15, -0.1) is 0 Å². The maximum atomic E-state index is 12.2. The summed E-state index contributed by atoms with van der Waals surface area (Å²) in [6, 6.07) is 13.0. The summed E-state index contributed by atoms with van der Waals surface area (Å²) in [4.78, 5) is 12.2. The van der Waals surface area contributed by atoms with E-state index in [1.807, 2.05) is 24.3 Å². The quantitative estimate of drug-likeness (QED) is 0.779. The van der Waals surface area contributed by atoms with Gasteiger partial charge in [-0.3, -0.25) is 4.79 Å². The Morgan fingerprint density at radius 2 is 1.72 bits per heavy atom. The maximum Gasteiger partial charge on any atom is 0.262 e. The predicted octanol–water partition coefficient (Wildman–Crippen LogP) is 4.23. The minimum absolute atomic E-state index is 0.0625. The van der Waals surface area contributed by atoms with Crippen molar-refractivity contribution in [2.45, 2.75) is 26.2 Å². The van der Waals surface area contributed by atoms with Crippen molar-refractivity contribution in [1.29, 1.82) is 0 Å². The molecule has 0 saturated carbocycles. The molecule has 2 aromatic carbocycles. The highest BCUT2D eigenvalue weighted by Gasteiger charge is 2.12. The molecule has 0 fully saturated rings. The second kappa shape index (κ2) is 8.97. The van der Waals surface area contributed by atoms with E-state index in [-0.39, 0.29) is 12.5 Å². The number of amides is 1. The number of anilines is 1. The van der Waals surface area contributed by atoms with Crippen LogP contribution in [0.2, 0.25) is 0 Å². The number of nitrogens with one attached hydrogen (secondary N) is 1. The zero-order valence-corrected chi connectivity index (χ0v) is 15.2. The number of para-hydroxylation sites is 1. The highest BCUT2D eigenvalue weighted by molar-refractivity contribution is 5.92. The third-order valence-electron chi connectivity index (χ3n) is 4.06. The van der Waals surface area contributed by atoms with Crippen LogP contribution in [0.1, 0.15) is 31.7 Å². The Morgan fingerprint density at radius 1 is 1.08 bits per heavy atom. The van der Waals surface area contributed by atoms with Gasteiger partial charge in [-0.05, 0) is 24.0 Å². The molecule has 5 nitrogen and oxygen atoms in total. The molecule has 134 valence electrons. The Kier molecular flexibility index (Phi) is 6.69. The predicted molar refractivity (Wildman–Crippen MR) is 98.8 cm³/mol. The van der Waals surface area contributed by atoms with Crippen LogP contribution in [0.4, 0.5) is 5.69 Å². The molecule has 0 aromatic heterocycles. The monoisotopic (exact) mass is 343 g/mol. The number of benzene rings is 2. The lowest BCUT2D eigenvalue weighted by Crippen LogP contribution is -2.20. The van der Waals surface area contributed by atoms with E-state index in [1.165, 1.54) is 0 Å². The van der Waals surface area contributed by atoms with Crippen LogP contribution in [0.15, 0.2) is 42.5 Å². The molecule has 25 heavy (non-hydrogen) atoms. The summed E-state index contributed by atoms with van der Waals surface area (Å²) in [5.74, 6) is 2.10. The maximum absolute atomic E-state index is 12.2. The number of hydrogen-bond acceptors (Lipinski definition) is 4. The first-order valence-electron chi connectivity index (χ1n) is 8.32. The van der Waals surface area contributed by atoms with Crippen molar-refractivity contribution < 1.29 is 19.0 Å². The summed E-state index contributed by atoms with van der Waals surface area (Å²) in [7, 11) is 3.13.